The van der Waals surface area contributed by atoms with Gasteiger partial charge in [0.1, 0.15) is 0 Å². The van der Waals surface area contributed by atoms with Gasteiger partial charge in [-0.25, -0.2) is 9.59 Å². The van der Waals surface area contributed by atoms with Crippen LogP contribution in [0.3, 0.4) is 0 Å². The van der Waals surface area contributed by atoms with Gasteiger partial charge in [0, 0.05) is 6.07 Å². The third kappa shape index (κ3) is 4.75. The monoisotopic (exact) mass is 297 g/mol. The van der Waals surface area contributed by atoms with Crippen LogP contribution in [0.4, 0.5) is 5.69 Å². The van der Waals surface area contributed by atoms with Gasteiger partial charge in [-0.15, -0.1) is 0 Å². The van der Waals surface area contributed by atoms with Crippen LogP contribution in [-0.2, 0) is 14.3 Å². The molecule has 0 unspecified atom stereocenters. The van der Waals surface area contributed by atoms with Crippen LogP contribution in [0.5, 0.6) is 5.75 Å². The second kappa shape index (κ2) is 7.83. The van der Waals surface area contributed by atoms with Gasteiger partial charge in [0.2, 0.25) is 0 Å². The van der Waals surface area contributed by atoms with Crippen molar-refractivity contribution in [2.45, 2.75) is 13.8 Å². The predicted octanol–water partition coefficient (Wildman–Crippen LogP) is 1.71. The summed E-state index contributed by atoms with van der Waals surface area (Å²) in [6, 6.07) is 3.60. The molecule has 0 saturated carbocycles. The molecule has 0 saturated heterocycles. The van der Waals surface area contributed by atoms with Crippen LogP contribution in [0.25, 0.3) is 0 Å². The normalized spacial score (nSPS) is 9.81. The molecule has 0 bridgehead atoms. The summed E-state index contributed by atoms with van der Waals surface area (Å²) in [7, 11) is 0. The third-order valence-electron chi connectivity index (χ3n) is 2.32. The van der Waals surface area contributed by atoms with Crippen molar-refractivity contribution in [2.75, 3.05) is 19.8 Å². The van der Waals surface area contributed by atoms with E-state index in [0.29, 0.717) is 0 Å². The molecule has 8 nitrogen and oxygen atoms in total. The van der Waals surface area contributed by atoms with Crippen molar-refractivity contribution in [3.05, 3.63) is 33.9 Å². The van der Waals surface area contributed by atoms with Gasteiger partial charge in [0.25, 0.3) is 0 Å². The van der Waals surface area contributed by atoms with Gasteiger partial charge in [0.15, 0.2) is 12.4 Å². The number of hydrogen-bond donors (Lipinski definition) is 0. The molecule has 0 heterocycles. The molecule has 0 fully saturated rings. The van der Waals surface area contributed by atoms with Crippen molar-refractivity contribution in [2.24, 2.45) is 0 Å². The Bertz CT molecular complexity index is 541. The first-order valence-electron chi connectivity index (χ1n) is 6.23. The Balaban J connectivity index is 2.92. The van der Waals surface area contributed by atoms with E-state index < -0.39 is 29.2 Å². The number of hydrogen-bond acceptors (Lipinski definition) is 7. The predicted molar refractivity (Wildman–Crippen MR) is 71.2 cm³/mol. The zero-order valence-corrected chi connectivity index (χ0v) is 11.7. The fourth-order valence-corrected chi connectivity index (χ4v) is 1.46. The van der Waals surface area contributed by atoms with Crippen LogP contribution in [0.2, 0.25) is 0 Å². The number of carbonyl (C=O) groups excluding carboxylic acids is 2. The number of nitrogens with zero attached hydrogens (tertiary/aromatic N) is 1. The molecule has 1 rings (SSSR count). The van der Waals surface area contributed by atoms with E-state index >= 15 is 0 Å². The summed E-state index contributed by atoms with van der Waals surface area (Å²) in [6.07, 6.45) is 0. The SMILES string of the molecule is CCOC(=O)COc1ccc(C(=O)OCC)cc1[N+](=O)[O-]. The topological polar surface area (TPSA) is 105 Å². The summed E-state index contributed by atoms with van der Waals surface area (Å²) in [6.45, 7) is 3.16. The third-order valence-corrected chi connectivity index (χ3v) is 2.32. The summed E-state index contributed by atoms with van der Waals surface area (Å²) < 4.78 is 14.4. The van der Waals surface area contributed by atoms with E-state index in [2.05, 4.69) is 4.74 Å². The van der Waals surface area contributed by atoms with Crippen molar-refractivity contribution in [1.29, 1.82) is 0 Å². The van der Waals surface area contributed by atoms with Crippen LogP contribution in [0.1, 0.15) is 24.2 Å². The molecule has 114 valence electrons. The van der Waals surface area contributed by atoms with E-state index in [0.717, 1.165) is 6.07 Å². The Kier molecular flexibility index (Phi) is 6.12. The van der Waals surface area contributed by atoms with Gasteiger partial charge in [-0.3, -0.25) is 10.1 Å². The summed E-state index contributed by atoms with van der Waals surface area (Å²) in [5.41, 5.74) is -0.392. The van der Waals surface area contributed by atoms with Crippen LogP contribution in [0, 0.1) is 10.1 Å². The Morgan fingerprint density at radius 2 is 1.86 bits per heavy atom. The number of rotatable bonds is 7. The number of nitro benzene ring substituents is 1. The molecule has 21 heavy (non-hydrogen) atoms. The lowest BCUT2D eigenvalue weighted by Crippen LogP contribution is -2.15. The largest absolute Gasteiger partial charge is 0.475 e. The van der Waals surface area contributed by atoms with E-state index in [9.17, 15) is 19.7 Å². The lowest BCUT2D eigenvalue weighted by atomic mass is 10.2. The molecule has 0 spiro atoms. The zero-order chi connectivity index (χ0) is 15.8. The van der Waals surface area contributed by atoms with Crippen LogP contribution in [0.15, 0.2) is 18.2 Å². The van der Waals surface area contributed by atoms with Crippen LogP contribution >= 0.6 is 0 Å². The molecule has 0 aliphatic heterocycles. The van der Waals surface area contributed by atoms with Gasteiger partial charge in [-0.1, -0.05) is 0 Å². The lowest BCUT2D eigenvalue weighted by molar-refractivity contribution is -0.385. The van der Waals surface area contributed by atoms with Crippen LogP contribution < -0.4 is 4.74 Å². The smallest absolute Gasteiger partial charge is 0.344 e. The highest BCUT2D eigenvalue weighted by atomic mass is 16.6. The van der Waals surface area contributed by atoms with Gasteiger partial charge in [-0.2, -0.15) is 0 Å². The highest BCUT2D eigenvalue weighted by molar-refractivity contribution is 5.90. The minimum absolute atomic E-state index is 0.0343. The number of ether oxygens (including phenoxy) is 3. The summed E-state index contributed by atoms with van der Waals surface area (Å²) in [4.78, 5) is 33.0. The second-order valence-corrected chi connectivity index (χ2v) is 3.75. The highest BCUT2D eigenvalue weighted by Gasteiger charge is 2.20. The van der Waals surface area contributed by atoms with Gasteiger partial charge >= 0.3 is 17.6 Å². The molecule has 0 amide bonds. The maximum Gasteiger partial charge on any atom is 0.344 e. The fraction of sp³-hybridized carbons (Fsp3) is 0.385. The fourth-order valence-electron chi connectivity index (χ4n) is 1.46. The Labute approximate surface area is 120 Å². The van der Waals surface area contributed by atoms with E-state index in [1.807, 2.05) is 0 Å². The van der Waals surface area contributed by atoms with Crippen molar-refractivity contribution < 1.29 is 28.7 Å². The lowest BCUT2D eigenvalue weighted by Gasteiger charge is -2.07. The van der Waals surface area contributed by atoms with Gasteiger partial charge in [-0.05, 0) is 26.0 Å². The maximum atomic E-state index is 11.5. The first kappa shape index (κ1) is 16.4. The number of esters is 2. The molecule has 0 aliphatic rings. The second-order valence-electron chi connectivity index (χ2n) is 3.75. The van der Waals surface area contributed by atoms with Crippen LogP contribution in [-0.4, -0.2) is 36.7 Å². The molecule has 0 radical (unpaired) electrons. The van der Waals surface area contributed by atoms with Crippen molar-refractivity contribution in [3.8, 4) is 5.75 Å². The average molecular weight is 297 g/mol. The first-order chi connectivity index (χ1) is 9.99. The Morgan fingerprint density at radius 1 is 1.19 bits per heavy atom. The average Bonchev–Trinajstić information content (AvgIpc) is 2.45. The van der Waals surface area contributed by atoms with Crippen molar-refractivity contribution >= 4 is 17.6 Å². The summed E-state index contributed by atoms with van der Waals surface area (Å²) in [5.74, 6) is -1.43. The number of nitro groups is 1. The minimum atomic E-state index is -0.705. The molecular weight excluding hydrogens is 282 g/mol. The Hall–Kier alpha value is -2.64. The van der Waals surface area contributed by atoms with E-state index in [1.165, 1.54) is 12.1 Å². The maximum absolute atomic E-state index is 11.5. The van der Waals surface area contributed by atoms with Gasteiger partial charge in [0.05, 0.1) is 23.7 Å². The molecule has 0 atom stereocenters. The van der Waals surface area contributed by atoms with E-state index in [1.54, 1.807) is 13.8 Å². The molecule has 1 aromatic carbocycles. The number of benzene rings is 1. The Morgan fingerprint density at radius 3 is 2.43 bits per heavy atom. The quantitative estimate of drug-likeness (QED) is 0.428. The molecule has 8 heteroatoms. The zero-order valence-electron chi connectivity index (χ0n) is 11.7. The molecule has 0 N–H and O–H groups in total. The van der Waals surface area contributed by atoms with Crippen molar-refractivity contribution in [3.63, 3.8) is 0 Å². The molecular formula is C13H15NO7. The standard InChI is InChI=1S/C13H15NO7/c1-3-19-12(15)8-21-11-6-5-9(13(16)20-4-2)7-10(11)14(17)18/h5-7H,3-4,8H2,1-2H3. The molecule has 0 aliphatic carbocycles. The van der Waals surface area contributed by atoms with Crippen molar-refractivity contribution in [1.82, 2.24) is 0 Å². The molecule has 1 aromatic rings. The molecule has 0 aromatic heterocycles. The highest BCUT2D eigenvalue weighted by Crippen LogP contribution is 2.28. The van der Waals surface area contributed by atoms with E-state index in [4.69, 9.17) is 9.47 Å². The van der Waals surface area contributed by atoms with Gasteiger partial charge < -0.3 is 14.2 Å². The first-order valence-corrected chi connectivity index (χ1v) is 6.23. The summed E-state index contributed by atoms with van der Waals surface area (Å²) >= 11 is 0. The van der Waals surface area contributed by atoms with E-state index in [-0.39, 0.29) is 24.5 Å². The number of carbonyl (C=O) groups is 2. The summed E-state index contributed by atoms with van der Waals surface area (Å²) in [5, 5.41) is 11.0. The minimum Gasteiger partial charge on any atom is -0.475 e.